The number of nitro benzene ring substituents is 1. The number of halogens is 1. The Balaban J connectivity index is 1.83. The van der Waals surface area contributed by atoms with E-state index in [1.807, 2.05) is 12.1 Å². The molecule has 0 aliphatic heterocycles. The largest absolute Gasteiger partial charge is 0.868 e. The van der Waals surface area contributed by atoms with Gasteiger partial charge in [0.25, 0.3) is 5.69 Å². The molecule has 4 aromatic rings. The van der Waals surface area contributed by atoms with Crippen molar-refractivity contribution in [3.05, 3.63) is 73.4 Å². The minimum Gasteiger partial charge on any atom is -0.868 e. The summed E-state index contributed by atoms with van der Waals surface area (Å²) in [4.78, 5) is 26.9. The molecule has 0 N–H and O–H groups in total. The van der Waals surface area contributed by atoms with Gasteiger partial charge in [-0.05, 0) is 30.0 Å². The SMILES string of the molecule is O=c1oc2cc([O-])c([N+](=O)[O-])cc2cc1-c1csc(-c2ccc(Cl)cc2)n1. The van der Waals surface area contributed by atoms with Crippen molar-refractivity contribution in [3.63, 3.8) is 0 Å². The van der Waals surface area contributed by atoms with Crippen LogP contribution in [0.2, 0.25) is 5.02 Å². The molecule has 2 aromatic heterocycles. The van der Waals surface area contributed by atoms with Gasteiger partial charge in [0.05, 0.1) is 16.2 Å². The Kier molecular flexibility index (Phi) is 4.14. The lowest BCUT2D eigenvalue weighted by Crippen LogP contribution is -2.04. The first-order valence-corrected chi connectivity index (χ1v) is 8.83. The number of thiazole rings is 1. The fourth-order valence-electron chi connectivity index (χ4n) is 2.58. The molecule has 0 saturated heterocycles. The maximum absolute atomic E-state index is 12.3. The Hall–Kier alpha value is -3.23. The van der Waals surface area contributed by atoms with Crippen molar-refractivity contribution in [2.24, 2.45) is 0 Å². The maximum Gasteiger partial charge on any atom is 0.345 e. The quantitative estimate of drug-likeness (QED) is 0.290. The molecule has 0 unspecified atom stereocenters. The third-order valence-corrected chi connectivity index (χ3v) is 5.03. The van der Waals surface area contributed by atoms with Gasteiger partial charge in [0.15, 0.2) is 0 Å². The Morgan fingerprint density at radius 1 is 1.15 bits per heavy atom. The molecule has 0 saturated carbocycles. The summed E-state index contributed by atoms with van der Waals surface area (Å²) in [6, 6.07) is 10.6. The molecule has 2 heterocycles. The second-order valence-electron chi connectivity index (χ2n) is 5.61. The van der Waals surface area contributed by atoms with Gasteiger partial charge in [-0.1, -0.05) is 23.7 Å². The van der Waals surface area contributed by atoms with E-state index in [4.69, 9.17) is 16.0 Å². The van der Waals surface area contributed by atoms with Gasteiger partial charge >= 0.3 is 5.63 Å². The smallest absolute Gasteiger partial charge is 0.345 e. The van der Waals surface area contributed by atoms with Gasteiger partial charge in [-0.15, -0.1) is 11.3 Å². The average molecular weight is 400 g/mol. The molecule has 0 atom stereocenters. The van der Waals surface area contributed by atoms with Crippen LogP contribution < -0.4 is 10.7 Å². The number of hydrogen-bond acceptors (Lipinski definition) is 7. The van der Waals surface area contributed by atoms with E-state index in [0.717, 1.165) is 17.7 Å². The second-order valence-corrected chi connectivity index (χ2v) is 6.90. The third-order valence-electron chi connectivity index (χ3n) is 3.88. The van der Waals surface area contributed by atoms with Gasteiger partial charge in [0, 0.05) is 27.4 Å². The molecule has 0 radical (unpaired) electrons. The molecule has 134 valence electrons. The van der Waals surface area contributed by atoms with Gasteiger partial charge in [0.1, 0.15) is 10.6 Å². The second kappa shape index (κ2) is 6.49. The van der Waals surface area contributed by atoms with Crippen LogP contribution in [-0.2, 0) is 0 Å². The van der Waals surface area contributed by atoms with Crippen molar-refractivity contribution < 1.29 is 14.4 Å². The van der Waals surface area contributed by atoms with E-state index in [2.05, 4.69) is 4.98 Å². The van der Waals surface area contributed by atoms with Crippen LogP contribution in [0.5, 0.6) is 5.75 Å². The zero-order valence-electron chi connectivity index (χ0n) is 13.3. The molecule has 27 heavy (non-hydrogen) atoms. The van der Waals surface area contributed by atoms with Crippen LogP contribution in [0.25, 0.3) is 32.8 Å². The maximum atomic E-state index is 12.3. The van der Waals surface area contributed by atoms with E-state index in [-0.39, 0.29) is 16.5 Å². The summed E-state index contributed by atoms with van der Waals surface area (Å²) in [6.45, 7) is 0. The van der Waals surface area contributed by atoms with Crippen molar-refractivity contribution in [2.45, 2.75) is 0 Å². The Morgan fingerprint density at radius 3 is 2.59 bits per heavy atom. The average Bonchev–Trinajstić information content (AvgIpc) is 3.11. The fourth-order valence-corrected chi connectivity index (χ4v) is 3.53. The first-order chi connectivity index (χ1) is 12.9. The number of nitrogens with zero attached hydrogens (tertiary/aromatic N) is 2. The van der Waals surface area contributed by atoms with Gasteiger partial charge < -0.3 is 9.52 Å². The number of aromatic nitrogens is 1. The van der Waals surface area contributed by atoms with Crippen LogP contribution in [0.1, 0.15) is 0 Å². The van der Waals surface area contributed by atoms with Crippen molar-refractivity contribution in [1.82, 2.24) is 4.98 Å². The standard InChI is InChI=1S/C18H9ClN2O5S/c19-11-3-1-9(2-4-11)17-20-13(8-27-17)12-5-10-6-14(21(24)25)15(22)7-16(10)26-18(12)23/h1-8,22H/p-1. The molecule has 0 bridgehead atoms. The van der Waals surface area contributed by atoms with Gasteiger partial charge in [-0.2, -0.15) is 0 Å². The number of benzene rings is 2. The first-order valence-electron chi connectivity index (χ1n) is 7.57. The summed E-state index contributed by atoms with van der Waals surface area (Å²) in [5, 5.41) is 25.9. The summed E-state index contributed by atoms with van der Waals surface area (Å²) in [5.74, 6) is -0.818. The fraction of sp³-hybridized carbons (Fsp3) is 0. The van der Waals surface area contributed by atoms with Gasteiger partial charge in [-0.3, -0.25) is 10.1 Å². The van der Waals surface area contributed by atoms with E-state index >= 15 is 0 Å². The molecular formula is C18H8ClN2O5S-. The molecule has 0 amide bonds. The molecule has 0 spiro atoms. The lowest BCUT2D eigenvalue weighted by Gasteiger charge is -2.07. The van der Waals surface area contributed by atoms with Crippen molar-refractivity contribution in [2.75, 3.05) is 0 Å². The molecule has 0 aliphatic rings. The molecule has 4 rings (SSSR count). The van der Waals surface area contributed by atoms with E-state index in [1.54, 1.807) is 17.5 Å². The zero-order valence-corrected chi connectivity index (χ0v) is 14.9. The highest BCUT2D eigenvalue weighted by molar-refractivity contribution is 7.13. The summed E-state index contributed by atoms with van der Waals surface area (Å²) < 4.78 is 5.16. The topological polar surface area (TPSA) is 109 Å². The van der Waals surface area contributed by atoms with Crippen LogP contribution in [0, 0.1) is 10.1 Å². The van der Waals surface area contributed by atoms with E-state index in [0.29, 0.717) is 15.7 Å². The van der Waals surface area contributed by atoms with Crippen LogP contribution in [0.3, 0.4) is 0 Å². The molecule has 0 aliphatic carbocycles. The normalized spacial score (nSPS) is 11.0. The predicted molar refractivity (Wildman–Crippen MR) is 100 cm³/mol. The third kappa shape index (κ3) is 3.16. The molecule has 7 nitrogen and oxygen atoms in total. The highest BCUT2D eigenvalue weighted by atomic mass is 35.5. The molecule has 2 aromatic carbocycles. The number of hydrogen-bond donors (Lipinski definition) is 0. The number of rotatable bonds is 3. The van der Waals surface area contributed by atoms with E-state index in [1.165, 1.54) is 17.4 Å². The van der Waals surface area contributed by atoms with Crippen molar-refractivity contribution in [1.29, 1.82) is 0 Å². The van der Waals surface area contributed by atoms with E-state index < -0.39 is 22.0 Å². The molecular weight excluding hydrogens is 392 g/mol. The Bertz CT molecular complexity index is 1250. The van der Waals surface area contributed by atoms with Gasteiger partial charge in [-0.25, -0.2) is 9.78 Å². The van der Waals surface area contributed by atoms with Crippen LogP contribution in [0.15, 0.2) is 57.1 Å². The van der Waals surface area contributed by atoms with Crippen LogP contribution in [0.4, 0.5) is 5.69 Å². The Labute approximate surface area is 160 Å². The lowest BCUT2D eigenvalue weighted by molar-refractivity contribution is -0.398. The number of fused-ring (bicyclic) bond motifs is 1. The highest BCUT2D eigenvalue weighted by Gasteiger charge is 2.15. The van der Waals surface area contributed by atoms with Crippen molar-refractivity contribution >= 4 is 39.6 Å². The van der Waals surface area contributed by atoms with Gasteiger partial charge in [0.2, 0.25) is 0 Å². The van der Waals surface area contributed by atoms with Crippen LogP contribution >= 0.6 is 22.9 Å². The zero-order chi connectivity index (χ0) is 19.1. The first kappa shape index (κ1) is 17.2. The molecule has 0 fully saturated rings. The minimum atomic E-state index is -0.818. The number of nitro groups is 1. The molecule has 9 heteroatoms. The summed E-state index contributed by atoms with van der Waals surface area (Å²) in [5.41, 5.74) is 0.118. The monoisotopic (exact) mass is 399 g/mol. The van der Waals surface area contributed by atoms with Crippen molar-refractivity contribution in [3.8, 4) is 27.6 Å². The van der Waals surface area contributed by atoms with Crippen LogP contribution in [-0.4, -0.2) is 9.91 Å². The predicted octanol–water partition coefficient (Wildman–Crippen LogP) is 4.22. The summed E-state index contributed by atoms with van der Waals surface area (Å²) in [6.07, 6.45) is 0. The summed E-state index contributed by atoms with van der Waals surface area (Å²) >= 11 is 7.22. The minimum absolute atomic E-state index is 0.00694. The lowest BCUT2D eigenvalue weighted by atomic mass is 10.1. The van der Waals surface area contributed by atoms with E-state index in [9.17, 15) is 20.0 Å². The Morgan fingerprint density at radius 2 is 1.89 bits per heavy atom. The highest BCUT2D eigenvalue weighted by Crippen LogP contribution is 2.32. The summed E-state index contributed by atoms with van der Waals surface area (Å²) in [7, 11) is 0.